The lowest BCUT2D eigenvalue weighted by Gasteiger charge is -2.22. The van der Waals surface area contributed by atoms with E-state index in [9.17, 15) is 5.11 Å². The third kappa shape index (κ3) is 3.08. The highest BCUT2D eigenvalue weighted by Gasteiger charge is 2.30. The van der Waals surface area contributed by atoms with Gasteiger partial charge >= 0.3 is 0 Å². The van der Waals surface area contributed by atoms with Crippen LogP contribution < -0.4 is 5.32 Å². The van der Waals surface area contributed by atoms with Gasteiger partial charge in [-0.25, -0.2) is 0 Å². The van der Waals surface area contributed by atoms with E-state index in [0.29, 0.717) is 0 Å². The molecule has 1 saturated carbocycles. The lowest BCUT2D eigenvalue weighted by Crippen LogP contribution is -2.37. The highest BCUT2D eigenvalue weighted by atomic mass is 16.3. The van der Waals surface area contributed by atoms with Crippen molar-refractivity contribution in [3.05, 3.63) is 34.9 Å². The Kier molecular flexibility index (Phi) is 3.85. The topological polar surface area (TPSA) is 32.3 Å². The van der Waals surface area contributed by atoms with E-state index in [1.54, 1.807) is 0 Å². The predicted molar refractivity (Wildman–Crippen MR) is 71.0 cm³/mol. The highest BCUT2D eigenvalue weighted by Crippen LogP contribution is 2.28. The van der Waals surface area contributed by atoms with E-state index in [1.165, 1.54) is 29.5 Å². The molecule has 94 valence electrons. The van der Waals surface area contributed by atoms with Gasteiger partial charge in [-0.15, -0.1) is 0 Å². The second-order valence-corrected chi connectivity index (χ2v) is 5.39. The van der Waals surface area contributed by atoms with Gasteiger partial charge in [0.2, 0.25) is 0 Å². The average Bonchev–Trinajstić information content (AvgIpc) is 2.72. The largest absolute Gasteiger partial charge is 0.389 e. The lowest BCUT2D eigenvalue weighted by molar-refractivity contribution is 0.0474. The quantitative estimate of drug-likeness (QED) is 0.838. The van der Waals surface area contributed by atoms with E-state index in [0.717, 1.165) is 25.9 Å². The fraction of sp³-hybridized carbons (Fsp3) is 0.600. The molecule has 0 radical (unpaired) electrons. The zero-order valence-electron chi connectivity index (χ0n) is 10.9. The minimum atomic E-state index is -0.447. The molecule has 0 bridgehead atoms. The van der Waals surface area contributed by atoms with Gasteiger partial charge in [0.25, 0.3) is 0 Å². The Labute approximate surface area is 104 Å². The normalized spacial score (nSPS) is 18.5. The van der Waals surface area contributed by atoms with Crippen molar-refractivity contribution in [2.45, 2.75) is 51.7 Å². The molecule has 1 aromatic carbocycles. The summed E-state index contributed by atoms with van der Waals surface area (Å²) in [7, 11) is 0. The van der Waals surface area contributed by atoms with Crippen LogP contribution in [0, 0.1) is 13.8 Å². The fourth-order valence-electron chi connectivity index (χ4n) is 2.64. The maximum Gasteiger partial charge on any atom is 0.0771 e. The zero-order chi connectivity index (χ0) is 12.3. The number of aliphatic hydroxyl groups is 1. The fourth-order valence-corrected chi connectivity index (χ4v) is 2.64. The molecule has 2 nitrogen and oxygen atoms in total. The molecular weight excluding hydrogens is 210 g/mol. The van der Waals surface area contributed by atoms with Crippen LogP contribution in [0.5, 0.6) is 0 Å². The number of hydrogen-bond donors (Lipinski definition) is 2. The number of rotatable bonds is 4. The second-order valence-electron chi connectivity index (χ2n) is 5.39. The molecule has 0 aromatic heterocycles. The zero-order valence-corrected chi connectivity index (χ0v) is 10.9. The van der Waals surface area contributed by atoms with Crippen molar-refractivity contribution in [1.82, 2.24) is 5.32 Å². The summed E-state index contributed by atoms with van der Waals surface area (Å²) >= 11 is 0. The molecule has 0 amide bonds. The van der Waals surface area contributed by atoms with Gasteiger partial charge in [0.1, 0.15) is 0 Å². The first-order valence-corrected chi connectivity index (χ1v) is 6.59. The van der Waals surface area contributed by atoms with Crippen molar-refractivity contribution >= 4 is 0 Å². The molecule has 2 rings (SSSR count). The molecule has 0 atom stereocenters. The Hall–Kier alpha value is -0.860. The average molecular weight is 233 g/mol. The van der Waals surface area contributed by atoms with Gasteiger partial charge in [-0.2, -0.15) is 0 Å². The van der Waals surface area contributed by atoms with E-state index in [1.807, 2.05) is 0 Å². The lowest BCUT2D eigenvalue weighted by atomic mass is 10.0. The second kappa shape index (κ2) is 5.19. The first-order chi connectivity index (χ1) is 8.11. The van der Waals surface area contributed by atoms with Crippen LogP contribution >= 0.6 is 0 Å². The van der Waals surface area contributed by atoms with E-state index in [4.69, 9.17) is 0 Å². The molecular formula is C15H23NO. The number of aryl methyl sites for hydroxylation is 1. The smallest absolute Gasteiger partial charge is 0.0771 e. The minimum absolute atomic E-state index is 0.447. The Bertz CT molecular complexity index is 381. The molecule has 1 fully saturated rings. The molecule has 1 aliphatic carbocycles. The van der Waals surface area contributed by atoms with E-state index in [-0.39, 0.29) is 0 Å². The Balaban J connectivity index is 1.88. The number of nitrogens with one attached hydrogen (secondary N) is 1. The maximum atomic E-state index is 10.2. The van der Waals surface area contributed by atoms with Gasteiger partial charge in [0, 0.05) is 13.1 Å². The monoisotopic (exact) mass is 233 g/mol. The number of hydrogen-bond acceptors (Lipinski definition) is 2. The molecule has 1 aromatic rings. The SMILES string of the molecule is Cc1cccc(CNCC2(O)CCCC2)c1C. The van der Waals surface area contributed by atoms with Crippen LogP contribution in [0.2, 0.25) is 0 Å². The maximum absolute atomic E-state index is 10.2. The van der Waals surface area contributed by atoms with Crippen LogP contribution in [-0.4, -0.2) is 17.3 Å². The van der Waals surface area contributed by atoms with Crippen LogP contribution in [0.4, 0.5) is 0 Å². The molecule has 0 heterocycles. The molecule has 0 spiro atoms. The van der Waals surface area contributed by atoms with Crippen molar-refractivity contribution < 1.29 is 5.11 Å². The van der Waals surface area contributed by atoms with E-state index in [2.05, 4.69) is 37.4 Å². The molecule has 2 heteroatoms. The molecule has 17 heavy (non-hydrogen) atoms. The van der Waals surface area contributed by atoms with Crippen LogP contribution in [-0.2, 0) is 6.54 Å². The van der Waals surface area contributed by atoms with Crippen molar-refractivity contribution in [1.29, 1.82) is 0 Å². The summed E-state index contributed by atoms with van der Waals surface area (Å²) in [5.41, 5.74) is 3.59. The van der Waals surface area contributed by atoms with Crippen LogP contribution in [0.15, 0.2) is 18.2 Å². The van der Waals surface area contributed by atoms with Crippen molar-refractivity contribution in [2.24, 2.45) is 0 Å². The highest BCUT2D eigenvalue weighted by molar-refractivity contribution is 5.32. The summed E-state index contributed by atoms with van der Waals surface area (Å²) in [6.45, 7) is 5.89. The van der Waals surface area contributed by atoms with Crippen LogP contribution in [0.25, 0.3) is 0 Å². The third-order valence-electron chi connectivity index (χ3n) is 4.02. The summed E-state index contributed by atoms with van der Waals surface area (Å²) in [6, 6.07) is 6.40. The van der Waals surface area contributed by atoms with Gasteiger partial charge in [0.15, 0.2) is 0 Å². The van der Waals surface area contributed by atoms with Gasteiger partial charge < -0.3 is 10.4 Å². The molecule has 0 saturated heterocycles. The molecule has 2 N–H and O–H groups in total. The van der Waals surface area contributed by atoms with Crippen molar-refractivity contribution in [2.75, 3.05) is 6.54 Å². The van der Waals surface area contributed by atoms with Gasteiger partial charge in [-0.3, -0.25) is 0 Å². The van der Waals surface area contributed by atoms with Gasteiger partial charge in [-0.05, 0) is 43.4 Å². The minimum Gasteiger partial charge on any atom is -0.389 e. The summed E-state index contributed by atoms with van der Waals surface area (Å²) < 4.78 is 0. The summed E-state index contributed by atoms with van der Waals surface area (Å²) in [6.07, 6.45) is 4.24. The Morgan fingerprint density at radius 1 is 1.24 bits per heavy atom. The third-order valence-corrected chi connectivity index (χ3v) is 4.02. The van der Waals surface area contributed by atoms with E-state index < -0.39 is 5.60 Å². The van der Waals surface area contributed by atoms with Crippen molar-refractivity contribution in [3.8, 4) is 0 Å². The molecule has 0 aliphatic heterocycles. The van der Waals surface area contributed by atoms with Gasteiger partial charge in [0.05, 0.1) is 5.60 Å². The van der Waals surface area contributed by atoms with Crippen molar-refractivity contribution in [3.63, 3.8) is 0 Å². The predicted octanol–water partition coefficient (Wildman–Crippen LogP) is 2.70. The van der Waals surface area contributed by atoms with Crippen LogP contribution in [0.3, 0.4) is 0 Å². The van der Waals surface area contributed by atoms with Crippen LogP contribution in [0.1, 0.15) is 42.4 Å². The Morgan fingerprint density at radius 3 is 2.65 bits per heavy atom. The molecule has 0 unspecified atom stereocenters. The first kappa shape index (κ1) is 12.6. The standard InChI is InChI=1S/C15H23NO/c1-12-6-5-7-14(13(12)2)10-16-11-15(17)8-3-4-9-15/h5-7,16-17H,3-4,8-11H2,1-2H3. The van der Waals surface area contributed by atoms with Gasteiger partial charge in [-0.1, -0.05) is 31.0 Å². The summed E-state index contributed by atoms with van der Waals surface area (Å²) in [5.74, 6) is 0. The molecule has 1 aliphatic rings. The van der Waals surface area contributed by atoms with E-state index >= 15 is 0 Å². The summed E-state index contributed by atoms with van der Waals surface area (Å²) in [4.78, 5) is 0. The first-order valence-electron chi connectivity index (χ1n) is 6.59. The Morgan fingerprint density at radius 2 is 1.94 bits per heavy atom. The number of benzene rings is 1. The summed E-state index contributed by atoms with van der Waals surface area (Å²) in [5, 5.41) is 13.6.